The number of carbonyl (C=O) groups is 2. The average molecular weight is 727 g/mol. The van der Waals surface area contributed by atoms with Crippen LogP contribution in [0.15, 0.2) is 60.8 Å². The van der Waals surface area contributed by atoms with Gasteiger partial charge in [0.25, 0.3) is 0 Å². The van der Waals surface area contributed by atoms with E-state index in [0.717, 1.165) is 89.9 Å². The summed E-state index contributed by atoms with van der Waals surface area (Å²) in [5.74, 6) is -0.446. The summed E-state index contributed by atoms with van der Waals surface area (Å²) in [6, 6.07) is 0. The van der Waals surface area contributed by atoms with Crippen molar-refractivity contribution in [3.63, 3.8) is 0 Å². The fourth-order valence-corrected chi connectivity index (χ4v) is 5.83. The fourth-order valence-electron chi connectivity index (χ4n) is 5.83. The molecule has 0 radical (unpaired) electrons. The largest absolute Gasteiger partial charge is 0.462 e. The fraction of sp³-hybridized carbons (Fsp3) is 0.745. The molecule has 0 rings (SSSR count). The molecular formula is C47H82O5. The molecule has 0 aliphatic heterocycles. The number of unbranched alkanes of at least 4 members (excludes halogenated alkanes) is 18. The maximum Gasteiger partial charge on any atom is 0.306 e. The van der Waals surface area contributed by atoms with Gasteiger partial charge in [0.05, 0.1) is 6.61 Å². The molecule has 0 spiro atoms. The molecule has 0 saturated carbocycles. The Morgan fingerprint density at radius 1 is 0.442 bits per heavy atom. The second-order valence-electron chi connectivity index (χ2n) is 14.2. The van der Waals surface area contributed by atoms with Crippen molar-refractivity contribution in [3.05, 3.63) is 60.8 Å². The van der Waals surface area contributed by atoms with E-state index >= 15 is 0 Å². The number of carbonyl (C=O) groups excluding carboxylic acids is 2. The molecule has 1 atom stereocenters. The van der Waals surface area contributed by atoms with E-state index in [-0.39, 0.29) is 25.2 Å². The maximum atomic E-state index is 12.5. The lowest BCUT2D eigenvalue weighted by Crippen LogP contribution is -2.30. The predicted octanol–water partition coefficient (Wildman–Crippen LogP) is 14.2. The average Bonchev–Trinajstić information content (AvgIpc) is 3.14. The minimum Gasteiger partial charge on any atom is -0.462 e. The highest BCUT2D eigenvalue weighted by Gasteiger charge is 2.17. The summed E-state index contributed by atoms with van der Waals surface area (Å²) >= 11 is 0. The van der Waals surface area contributed by atoms with Gasteiger partial charge in [0, 0.05) is 19.4 Å². The molecule has 0 heterocycles. The van der Waals surface area contributed by atoms with Crippen LogP contribution in [0.4, 0.5) is 0 Å². The van der Waals surface area contributed by atoms with Gasteiger partial charge in [-0.15, -0.1) is 0 Å². The van der Waals surface area contributed by atoms with Crippen LogP contribution in [0.3, 0.4) is 0 Å². The molecule has 300 valence electrons. The minimum absolute atomic E-state index is 0.0683. The lowest BCUT2D eigenvalue weighted by atomic mass is 10.1. The van der Waals surface area contributed by atoms with E-state index in [9.17, 15) is 9.59 Å². The van der Waals surface area contributed by atoms with Gasteiger partial charge >= 0.3 is 11.9 Å². The quantitative estimate of drug-likeness (QED) is 0.0358. The first-order valence-electron chi connectivity index (χ1n) is 21.8. The van der Waals surface area contributed by atoms with Gasteiger partial charge in [-0.3, -0.25) is 9.59 Å². The van der Waals surface area contributed by atoms with E-state index in [2.05, 4.69) is 81.5 Å². The standard InChI is InChI=1S/C47H82O5/c1-4-7-10-13-15-17-19-21-22-23-24-25-26-27-28-30-32-35-37-40-46(48)51-44-45(52-47(49)41-38-34-12-9-6-3)43-50-42-39-36-33-31-29-20-18-16-14-11-8-5-2/h7,10,15,17,21-22,24-25,27-28,45H,4-6,8-9,11-14,16,18-20,23,26,29-44H2,1-3H3/b10-7-,17-15-,22-21-,25-24-,28-27-. The van der Waals surface area contributed by atoms with Gasteiger partial charge in [-0.1, -0.05) is 184 Å². The Morgan fingerprint density at radius 2 is 0.865 bits per heavy atom. The summed E-state index contributed by atoms with van der Waals surface area (Å²) in [5, 5.41) is 0. The summed E-state index contributed by atoms with van der Waals surface area (Å²) < 4.78 is 17.1. The summed E-state index contributed by atoms with van der Waals surface area (Å²) in [4.78, 5) is 25.0. The molecule has 5 nitrogen and oxygen atoms in total. The molecule has 0 fully saturated rings. The van der Waals surface area contributed by atoms with Crippen LogP contribution in [0, 0.1) is 0 Å². The zero-order valence-corrected chi connectivity index (χ0v) is 34.3. The number of allylic oxidation sites excluding steroid dienone is 10. The van der Waals surface area contributed by atoms with Crippen molar-refractivity contribution in [3.8, 4) is 0 Å². The van der Waals surface area contributed by atoms with Crippen LogP contribution in [0.2, 0.25) is 0 Å². The molecule has 0 saturated heterocycles. The number of ether oxygens (including phenoxy) is 3. The van der Waals surface area contributed by atoms with E-state index in [4.69, 9.17) is 14.2 Å². The third-order valence-corrected chi connectivity index (χ3v) is 9.07. The number of hydrogen-bond donors (Lipinski definition) is 0. The van der Waals surface area contributed by atoms with Gasteiger partial charge in [-0.25, -0.2) is 0 Å². The van der Waals surface area contributed by atoms with Crippen LogP contribution in [-0.4, -0.2) is 37.9 Å². The summed E-state index contributed by atoms with van der Waals surface area (Å²) in [6.07, 6.45) is 52.4. The van der Waals surface area contributed by atoms with Gasteiger partial charge < -0.3 is 14.2 Å². The van der Waals surface area contributed by atoms with Crippen molar-refractivity contribution < 1.29 is 23.8 Å². The van der Waals surface area contributed by atoms with E-state index in [1.54, 1.807) is 0 Å². The summed E-state index contributed by atoms with van der Waals surface area (Å²) in [7, 11) is 0. The number of rotatable bonds is 39. The minimum atomic E-state index is -0.542. The van der Waals surface area contributed by atoms with Crippen LogP contribution in [0.5, 0.6) is 0 Å². The predicted molar refractivity (Wildman–Crippen MR) is 224 cm³/mol. The molecule has 0 aliphatic rings. The van der Waals surface area contributed by atoms with Gasteiger partial charge in [0.2, 0.25) is 0 Å². The molecule has 0 bridgehead atoms. The van der Waals surface area contributed by atoms with Crippen molar-refractivity contribution >= 4 is 11.9 Å². The monoisotopic (exact) mass is 727 g/mol. The SMILES string of the molecule is CC/C=C\C/C=C\C/C=C\C/C=C\C/C=C\CCCCCC(=O)OCC(COCCCCCCCCCCCCCC)OC(=O)CCCCCCC. The lowest BCUT2D eigenvalue weighted by molar-refractivity contribution is -0.163. The topological polar surface area (TPSA) is 61.8 Å². The van der Waals surface area contributed by atoms with E-state index < -0.39 is 6.10 Å². The van der Waals surface area contributed by atoms with E-state index in [1.165, 1.54) is 77.0 Å². The van der Waals surface area contributed by atoms with Gasteiger partial charge in [-0.05, 0) is 64.2 Å². The van der Waals surface area contributed by atoms with Crippen molar-refractivity contribution in [2.45, 2.75) is 207 Å². The molecule has 1 unspecified atom stereocenters. The van der Waals surface area contributed by atoms with Crippen molar-refractivity contribution in [2.75, 3.05) is 19.8 Å². The highest BCUT2D eigenvalue weighted by Crippen LogP contribution is 2.13. The molecule has 0 aromatic heterocycles. The summed E-state index contributed by atoms with van der Waals surface area (Å²) in [6.45, 7) is 7.60. The Morgan fingerprint density at radius 3 is 1.38 bits per heavy atom. The molecular weight excluding hydrogens is 645 g/mol. The van der Waals surface area contributed by atoms with Crippen LogP contribution >= 0.6 is 0 Å². The molecule has 0 aromatic carbocycles. The van der Waals surface area contributed by atoms with Crippen molar-refractivity contribution in [1.82, 2.24) is 0 Å². The first-order valence-corrected chi connectivity index (χ1v) is 21.8. The third-order valence-electron chi connectivity index (χ3n) is 9.07. The van der Waals surface area contributed by atoms with Crippen LogP contribution < -0.4 is 0 Å². The van der Waals surface area contributed by atoms with Gasteiger partial charge in [0.15, 0.2) is 6.10 Å². The third kappa shape index (κ3) is 40.4. The zero-order chi connectivity index (χ0) is 37.8. The second-order valence-corrected chi connectivity index (χ2v) is 14.2. The first kappa shape index (κ1) is 49.6. The van der Waals surface area contributed by atoms with Crippen LogP contribution in [-0.2, 0) is 23.8 Å². The lowest BCUT2D eigenvalue weighted by Gasteiger charge is -2.18. The molecule has 5 heteroatoms. The van der Waals surface area contributed by atoms with Gasteiger partial charge in [-0.2, -0.15) is 0 Å². The second kappa shape index (κ2) is 43.0. The number of esters is 2. The Bertz CT molecular complexity index is 915. The van der Waals surface area contributed by atoms with Crippen molar-refractivity contribution in [1.29, 1.82) is 0 Å². The van der Waals surface area contributed by atoms with Crippen molar-refractivity contribution in [2.24, 2.45) is 0 Å². The van der Waals surface area contributed by atoms with Gasteiger partial charge in [0.1, 0.15) is 6.61 Å². The molecule has 0 amide bonds. The van der Waals surface area contributed by atoms with Crippen LogP contribution in [0.1, 0.15) is 201 Å². The molecule has 0 N–H and O–H groups in total. The normalized spacial score (nSPS) is 12.8. The Labute approximate surface area is 322 Å². The number of hydrogen-bond acceptors (Lipinski definition) is 5. The highest BCUT2D eigenvalue weighted by molar-refractivity contribution is 5.70. The highest BCUT2D eigenvalue weighted by atomic mass is 16.6. The zero-order valence-electron chi connectivity index (χ0n) is 34.3. The molecule has 0 aromatic rings. The Hall–Kier alpha value is -2.40. The smallest absolute Gasteiger partial charge is 0.306 e. The Balaban J connectivity index is 4.13. The van der Waals surface area contributed by atoms with E-state index in [1.807, 2.05) is 0 Å². The first-order chi connectivity index (χ1) is 25.6. The molecule has 0 aliphatic carbocycles. The summed E-state index contributed by atoms with van der Waals surface area (Å²) in [5.41, 5.74) is 0. The van der Waals surface area contributed by atoms with Crippen LogP contribution in [0.25, 0.3) is 0 Å². The Kier molecular flexibility index (Phi) is 41.0. The van der Waals surface area contributed by atoms with E-state index in [0.29, 0.717) is 19.4 Å². The molecule has 52 heavy (non-hydrogen) atoms. The maximum absolute atomic E-state index is 12.5.